The molecule has 0 unspecified atom stereocenters. The van der Waals surface area contributed by atoms with Crippen LogP contribution in [0.5, 0.6) is 0 Å². The summed E-state index contributed by atoms with van der Waals surface area (Å²) in [6.07, 6.45) is 24.5. The molecule has 0 spiro atoms. The van der Waals surface area contributed by atoms with E-state index in [4.69, 9.17) is 0 Å². The van der Waals surface area contributed by atoms with Crippen molar-refractivity contribution in [2.45, 2.75) is 199 Å². The Morgan fingerprint density at radius 2 is 0.258 bits per heavy atom. The minimum Gasteiger partial charge on any atom is -0.412 e. The van der Waals surface area contributed by atoms with Crippen LogP contribution in [-0.2, 0) is 0 Å². The summed E-state index contributed by atoms with van der Waals surface area (Å²) in [5, 5.41) is 0. The zero-order valence-electron chi connectivity index (χ0n) is 25.2. The third-order valence-electron chi connectivity index (χ3n) is 4.24. The van der Waals surface area contributed by atoms with Gasteiger partial charge in [-0.15, -0.1) is 0 Å². The highest BCUT2D eigenvalue weighted by Gasteiger charge is 1.70. The van der Waals surface area contributed by atoms with Gasteiger partial charge in [0.05, 0.1) is 0 Å². The highest BCUT2D eigenvalue weighted by Crippen LogP contribution is 1.90. The van der Waals surface area contributed by atoms with Crippen molar-refractivity contribution < 1.29 is 5.48 Å². The lowest BCUT2D eigenvalue weighted by molar-refractivity contribution is 0.772. The van der Waals surface area contributed by atoms with E-state index < -0.39 is 0 Å². The molecule has 31 heavy (non-hydrogen) atoms. The van der Waals surface area contributed by atoms with Crippen LogP contribution >= 0.6 is 0 Å². The van der Waals surface area contributed by atoms with E-state index in [0.29, 0.717) is 0 Å². The van der Waals surface area contributed by atoms with Gasteiger partial charge < -0.3 is 5.48 Å². The third kappa shape index (κ3) is 164. The fourth-order valence-corrected chi connectivity index (χ4v) is 2.12. The summed E-state index contributed by atoms with van der Waals surface area (Å²) in [4.78, 5) is 0. The third-order valence-corrected chi connectivity index (χ3v) is 4.24. The van der Waals surface area contributed by atoms with Crippen LogP contribution in [0.15, 0.2) is 0 Å². The van der Waals surface area contributed by atoms with Crippen LogP contribution in [0.25, 0.3) is 0 Å². The molecule has 1 nitrogen and oxygen atoms in total. The molecule has 0 saturated heterocycles. The van der Waals surface area contributed by atoms with Gasteiger partial charge in [0.25, 0.3) is 0 Å². The summed E-state index contributed by atoms with van der Waals surface area (Å²) in [6.45, 7) is 26.5. The number of unbranched alkanes of at least 4 members (excludes halogenated alkanes) is 12. The van der Waals surface area contributed by atoms with Gasteiger partial charge in [0, 0.05) is 0 Å². The topological polar surface area (TPSA) is 31.5 Å². The van der Waals surface area contributed by atoms with E-state index in [1.54, 1.807) is 0 Å². The second kappa shape index (κ2) is 77.9. The maximum atomic E-state index is 2.21. The molecule has 0 atom stereocenters. The molecule has 0 heterocycles. The standard InChI is InChI=1S/6C5H12.H2O/c6*1-3-5-4-2;/h6*3-5H2,1-2H3;1H2. The Morgan fingerprint density at radius 1 is 0.194 bits per heavy atom. The fourth-order valence-electron chi connectivity index (χ4n) is 2.12. The smallest absolute Gasteiger partial charge is 0.0538 e. The van der Waals surface area contributed by atoms with E-state index in [2.05, 4.69) is 83.1 Å². The molecule has 0 bridgehead atoms. The molecule has 1 heteroatoms. The summed E-state index contributed by atoms with van der Waals surface area (Å²) < 4.78 is 0. The van der Waals surface area contributed by atoms with E-state index in [1.807, 2.05) is 0 Å². The summed E-state index contributed by atoms with van der Waals surface area (Å²) in [7, 11) is 0. The van der Waals surface area contributed by atoms with Crippen LogP contribution in [-0.4, -0.2) is 5.48 Å². The Kier molecular flexibility index (Phi) is 122. The van der Waals surface area contributed by atoms with Crippen molar-refractivity contribution in [1.29, 1.82) is 0 Å². The first-order valence-electron chi connectivity index (χ1n) is 14.5. The van der Waals surface area contributed by atoms with E-state index in [-0.39, 0.29) is 5.48 Å². The summed E-state index contributed by atoms with van der Waals surface area (Å²) in [5.74, 6) is 0. The average Bonchev–Trinajstić information content (AvgIpc) is 2.74. The van der Waals surface area contributed by atoms with Crippen molar-refractivity contribution in [3.63, 3.8) is 0 Å². The van der Waals surface area contributed by atoms with E-state index in [0.717, 1.165) is 0 Å². The summed E-state index contributed by atoms with van der Waals surface area (Å²) in [5.41, 5.74) is 0. The minimum absolute atomic E-state index is 0. The van der Waals surface area contributed by atoms with Crippen LogP contribution in [0.4, 0.5) is 0 Å². The van der Waals surface area contributed by atoms with Gasteiger partial charge in [0.1, 0.15) is 0 Å². The van der Waals surface area contributed by atoms with Gasteiger partial charge in [-0.25, -0.2) is 0 Å². The molecule has 0 aromatic heterocycles. The van der Waals surface area contributed by atoms with E-state index in [1.165, 1.54) is 116 Å². The first kappa shape index (κ1) is 48.4. The molecule has 0 rings (SSSR count). The molecular formula is C30H74O. The zero-order chi connectivity index (χ0) is 24.7. The summed E-state index contributed by atoms with van der Waals surface area (Å²) >= 11 is 0. The highest BCUT2D eigenvalue weighted by atomic mass is 16.0. The Bertz CT molecular complexity index is 98.0. The number of hydrogen-bond acceptors (Lipinski definition) is 0. The van der Waals surface area contributed by atoms with Crippen molar-refractivity contribution in [2.75, 3.05) is 0 Å². The predicted molar refractivity (Wildman–Crippen MR) is 155 cm³/mol. The van der Waals surface area contributed by atoms with Gasteiger partial charge in [-0.3, -0.25) is 0 Å². The van der Waals surface area contributed by atoms with Crippen LogP contribution in [0, 0.1) is 0 Å². The highest BCUT2D eigenvalue weighted by molar-refractivity contribution is 4.26. The van der Waals surface area contributed by atoms with Gasteiger partial charge >= 0.3 is 0 Å². The molecule has 0 aromatic carbocycles. The SMILES string of the molecule is CCCCC.CCCCC.CCCCC.CCCCC.CCCCC.CCCCC.O. The lowest BCUT2D eigenvalue weighted by Crippen LogP contribution is -1.59. The zero-order valence-corrected chi connectivity index (χ0v) is 25.2. The van der Waals surface area contributed by atoms with Gasteiger partial charge in [-0.1, -0.05) is 199 Å². The second-order valence-corrected chi connectivity index (χ2v) is 8.12. The van der Waals surface area contributed by atoms with Crippen LogP contribution in [0.3, 0.4) is 0 Å². The maximum Gasteiger partial charge on any atom is -0.0538 e. The van der Waals surface area contributed by atoms with Crippen molar-refractivity contribution in [3.05, 3.63) is 0 Å². The molecule has 0 fully saturated rings. The van der Waals surface area contributed by atoms with Gasteiger partial charge in [-0.2, -0.15) is 0 Å². The number of rotatable bonds is 12. The predicted octanol–water partition coefficient (Wildman–Crippen LogP) is 12.4. The maximum absolute atomic E-state index is 2.21. The molecule has 2 N–H and O–H groups in total. The summed E-state index contributed by atoms with van der Waals surface area (Å²) in [6, 6.07) is 0. The minimum atomic E-state index is 0. The van der Waals surface area contributed by atoms with Crippen molar-refractivity contribution in [2.24, 2.45) is 0 Å². The molecular weight excluding hydrogens is 376 g/mol. The molecule has 0 aliphatic carbocycles. The van der Waals surface area contributed by atoms with Crippen LogP contribution < -0.4 is 0 Å². The Morgan fingerprint density at radius 3 is 0.258 bits per heavy atom. The average molecular weight is 451 g/mol. The Labute approximate surface area is 204 Å². The molecule has 0 radical (unpaired) electrons. The normalized spacial score (nSPS) is 8.13. The Hall–Kier alpha value is -0.0400. The molecule has 0 aliphatic heterocycles. The van der Waals surface area contributed by atoms with Gasteiger partial charge in [0.2, 0.25) is 0 Å². The first-order valence-corrected chi connectivity index (χ1v) is 14.5. The largest absolute Gasteiger partial charge is 0.412 e. The van der Waals surface area contributed by atoms with E-state index >= 15 is 0 Å². The molecule has 0 saturated carbocycles. The van der Waals surface area contributed by atoms with Crippen LogP contribution in [0.2, 0.25) is 0 Å². The van der Waals surface area contributed by atoms with Crippen molar-refractivity contribution >= 4 is 0 Å². The molecule has 200 valence electrons. The lowest BCUT2D eigenvalue weighted by atomic mass is 10.3. The first-order chi connectivity index (χ1) is 14.5. The molecule has 0 aliphatic rings. The van der Waals surface area contributed by atoms with Gasteiger partial charge in [-0.05, 0) is 0 Å². The van der Waals surface area contributed by atoms with Crippen LogP contribution in [0.1, 0.15) is 199 Å². The monoisotopic (exact) mass is 451 g/mol. The van der Waals surface area contributed by atoms with Gasteiger partial charge in [0.15, 0.2) is 0 Å². The molecule has 0 aromatic rings. The quantitative estimate of drug-likeness (QED) is 0.283. The molecule has 0 amide bonds. The second-order valence-electron chi connectivity index (χ2n) is 8.12. The van der Waals surface area contributed by atoms with Crippen molar-refractivity contribution in [3.8, 4) is 0 Å². The Balaban J connectivity index is -0.0000000443. The lowest BCUT2D eigenvalue weighted by Gasteiger charge is -1.79. The van der Waals surface area contributed by atoms with Crippen molar-refractivity contribution in [1.82, 2.24) is 0 Å². The van der Waals surface area contributed by atoms with E-state index in [9.17, 15) is 0 Å². The fraction of sp³-hybridized carbons (Fsp3) is 1.00. The number of hydrogen-bond donors (Lipinski definition) is 0.